The van der Waals surface area contributed by atoms with Gasteiger partial charge in [-0.05, 0) is 59.2 Å². The van der Waals surface area contributed by atoms with E-state index >= 15 is 0 Å². The van der Waals surface area contributed by atoms with Gasteiger partial charge in [-0.25, -0.2) is 0 Å². The molecule has 0 radical (unpaired) electrons. The van der Waals surface area contributed by atoms with E-state index in [1.807, 2.05) is 11.0 Å². The second kappa shape index (κ2) is 11.0. The second-order valence-electron chi connectivity index (χ2n) is 8.58. The lowest BCUT2D eigenvalue weighted by Crippen LogP contribution is -2.43. The molecular formula is C23H35N5OS. The van der Waals surface area contributed by atoms with Crippen molar-refractivity contribution in [1.82, 2.24) is 24.6 Å². The van der Waals surface area contributed by atoms with Crippen LogP contribution in [0.1, 0.15) is 58.3 Å². The van der Waals surface area contributed by atoms with Gasteiger partial charge in [0.1, 0.15) is 5.82 Å². The third-order valence-electron chi connectivity index (χ3n) is 5.52. The summed E-state index contributed by atoms with van der Waals surface area (Å²) in [6.07, 6.45) is 3.82. The average molecular weight is 430 g/mol. The number of thioether (sulfide) groups is 1. The summed E-state index contributed by atoms with van der Waals surface area (Å²) in [5.41, 5.74) is 1.22. The number of carbonyl (C=O) groups excluding carboxylic acids is 1. The van der Waals surface area contributed by atoms with Crippen LogP contribution < -0.4 is 0 Å². The Bertz CT molecular complexity index is 791. The summed E-state index contributed by atoms with van der Waals surface area (Å²) in [4.78, 5) is 17.2. The summed E-state index contributed by atoms with van der Waals surface area (Å²) in [5.74, 6) is 1.52. The van der Waals surface area contributed by atoms with Crippen LogP contribution in [0.5, 0.6) is 0 Å². The van der Waals surface area contributed by atoms with Gasteiger partial charge in [0.15, 0.2) is 5.16 Å². The summed E-state index contributed by atoms with van der Waals surface area (Å²) in [5, 5.41) is 9.83. The van der Waals surface area contributed by atoms with Gasteiger partial charge in [0.05, 0.1) is 18.8 Å². The van der Waals surface area contributed by atoms with E-state index < -0.39 is 0 Å². The first-order valence-corrected chi connectivity index (χ1v) is 12.1. The molecular weight excluding hydrogens is 394 g/mol. The molecule has 1 fully saturated rings. The Hall–Kier alpha value is -1.86. The molecule has 6 nitrogen and oxygen atoms in total. The molecule has 1 aromatic heterocycles. The number of aromatic nitrogens is 3. The Morgan fingerprint density at radius 1 is 1.00 bits per heavy atom. The van der Waals surface area contributed by atoms with Crippen molar-refractivity contribution in [1.29, 1.82) is 0 Å². The SMILES string of the molecule is CC(C)N(C(=O)CSc1nnc(CN2CCCCC2)n1Cc1ccccc1)C(C)C. The summed E-state index contributed by atoms with van der Waals surface area (Å²) >= 11 is 1.50. The van der Waals surface area contributed by atoms with Crippen LogP contribution in [-0.2, 0) is 17.9 Å². The molecule has 1 aliphatic rings. The maximum absolute atomic E-state index is 12.8. The van der Waals surface area contributed by atoms with Crippen LogP contribution in [0.15, 0.2) is 35.5 Å². The van der Waals surface area contributed by atoms with Crippen molar-refractivity contribution in [2.24, 2.45) is 0 Å². The van der Waals surface area contributed by atoms with Crippen molar-refractivity contribution in [2.75, 3.05) is 18.8 Å². The van der Waals surface area contributed by atoms with E-state index in [1.54, 1.807) is 0 Å². The van der Waals surface area contributed by atoms with Gasteiger partial charge in [0.25, 0.3) is 0 Å². The first-order chi connectivity index (χ1) is 14.5. The molecule has 1 amide bonds. The number of amides is 1. The van der Waals surface area contributed by atoms with Crippen LogP contribution in [0.25, 0.3) is 0 Å². The van der Waals surface area contributed by atoms with E-state index in [4.69, 9.17) is 0 Å². The number of nitrogens with zero attached hydrogens (tertiary/aromatic N) is 5. The number of likely N-dealkylation sites (tertiary alicyclic amines) is 1. The van der Waals surface area contributed by atoms with Gasteiger partial charge in [-0.15, -0.1) is 10.2 Å². The smallest absolute Gasteiger partial charge is 0.233 e. The topological polar surface area (TPSA) is 54.3 Å². The Balaban J connectivity index is 1.76. The number of rotatable bonds is 9. The van der Waals surface area contributed by atoms with E-state index in [2.05, 4.69) is 71.6 Å². The molecule has 0 saturated carbocycles. The second-order valence-corrected chi connectivity index (χ2v) is 9.53. The average Bonchev–Trinajstić information content (AvgIpc) is 3.08. The lowest BCUT2D eigenvalue weighted by atomic mass is 10.1. The fraction of sp³-hybridized carbons (Fsp3) is 0.609. The standard InChI is InChI=1S/C23H35N5OS/c1-18(2)28(19(3)4)22(29)17-30-23-25-24-21(16-26-13-9-6-10-14-26)27(23)15-20-11-7-5-8-12-20/h5,7-8,11-12,18-19H,6,9-10,13-17H2,1-4H3. The predicted octanol–water partition coefficient (Wildman–Crippen LogP) is 4.05. The number of benzene rings is 1. The zero-order valence-corrected chi connectivity index (χ0v) is 19.6. The first kappa shape index (κ1) is 22.8. The monoisotopic (exact) mass is 429 g/mol. The molecule has 3 rings (SSSR count). The van der Waals surface area contributed by atoms with Crippen LogP contribution in [-0.4, -0.2) is 61.4 Å². The highest BCUT2D eigenvalue weighted by molar-refractivity contribution is 7.99. The fourth-order valence-electron chi connectivity index (χ4n) is 4.16. The van der Waals surface area contributed by atoms with Gasteiger partial charge in [-0.2, -0.15) is 0 Å². The number of piperidine rings is 1. The van der Waals surface area contributed by atoms with Crippen LogP contribution in [0.4, 0.5) is 0 Å². The van der Waals surface area contributed by atoms with Crippen molar-refractivity contribution in [3.05, 3.63) is 41.7 Å². The molecule has 2 aromatic rings. The third kappa shape index (κ3) is 6.08. The summed E-state index contributed by atoms with van der Waals surface area (Å²) < 4.78 is 2.19. The van der Waals surface area contributed by atoms with Gasteiger partial charge in [0, 0.05) is 12.1 Å². The van der Waals surface area contributed by atoms with Crippen molar-refractivity contribution in [3.8, 4) is 0 Å². The Labute approximate surface area is 185 Å². The van der Waals surface area contributed by atoms with Crippen LogP contribution >= 0.6 is 11.8 Å². The van der Waals surface area contributed by atoms with Gasteiger partial charge >= 0.3 is 0 Å². The maximum Gasteiger partial charge on any atom is 0.233 e. The van der Waals surface area contributed by atoms with E-state index in [0.717, 1.165) is 37.2 Å². The van der Waals surface area contributed by atoms with Gasteiger partial charge in [0.2, 0.25) is 5.91 Å². The zero-order valence-electron chi connectivity index (χ0n) is 18.8. The van der Waals surface area contributed by atoms with Crippen molar-refractivity contribution in [2.45, 2.75) is 77.3 Å². The maximum atomic E-state index is 12.8. The number of carbonyl (C=O) groups is 1. The normalized spacial score (nSPS) is 15.1. The van der Waals surface area contributed by atoms with Gasteiger partial charge < -0.3 is 9.47 Å². The molecule has 1 saturated heterocycles. The summed E-state index contributed by atoms with van der Waals surface area (Å²) in [6.45, 7) is 12.1. The van der Waals surface area contributed by atoms with E-state index in [0.29, 0.717) is 5.75 Å². The molecule has 0 unspecified atom stereocenters. The van der Waals surface area contributed by atoms with E-state index in [-0.39, 0.29) is 18.0 Å². The molecule has 2 heterocycles. The molecule has 0 spiro atoms. The minimum atomic E-state index is 0.150. The van der Waals surface area contributed by atoms with Crippen LogP contribution in [0, 0.1) is 0 Å². The zero-order chi connectivity index (χ0) is 21.5. The minimum absolute atomic E-state index is 0.150. The molecule has 1 aromatic carbocycles. The van der Waals surface area contributed by atoms with Gasteiger partial charge in [-0.3, -0.25) is 9.69 Å². The van der Waals surface area contributed by atoms with Crippen molar-refractivity contribution >= 4 is 17.7 Å². The molecule has 0 bridgehead atoms. The highest BCUT2D eigenvalue weighted by Gasteiger charge is 2.22. The van der Waals surface area contributed by atoms with Crippen LogP contribution in [0.3, 0.4) is 0 Å². The molecule has 1 aliphatic heterocycles. The Kier molecular flexibility index (Phi) is 8.33. The van der Waals surface area contributed by atoms with E-state index in [1.165, 1.54) is 36.6 Å². The van der Waals surface area contributed by atoms with Crippen LogP contribution in [0.2, 0.25) is 0 Å². The Morgan fingerprint density at radius 3 is 2.30 bits per heavy atom. The largest absolute Gasteiger partial charge is 0.337 e. The molecule has 0 aliphatic carbocycles. The summed E-state index contributed by atoms with van der Waals surface area (Å²) in [7, 11) is 0. The van der Waals surface area contributed by atoms with Gasteiger partial charge in [-0.1, -0.05) is 48.5 Å². The highest BCUT2D eigenvalue weighted by Crippen LogP contribution is 2.22. The molecule has 7 heteroatoms. The summed E-state index contributed by atoms with van der Waals surface area (Å²) in [6, 6.07) is 10.8. The van der Waals surface area contributed by atoms with Crippen molar-refractivity contribution < 1.29 is 4.79 Å². The Morgan fingerprint density at radius 2 is 1.67 bits per heavy atom. The number of hydrogen-bond donors (Lipinski definition) is 0. The minimum Gasteiger partial charge on any atom is -0.337 e. The predicted molar refractivity (Wildman–Crippen MR) is 123 cm³/mol. The highest BCUT2D eigenvalue weighted by atomic mass is 32.2. The first-order valence-electron chi connectivity index (χ1n) is 11.1. The fourth-order valence-corrected chi connectivity index (χ4v) is 4.98. The lowest BCUT2D eigenvalue weighted by molar-refractivity contribution is -0.131. The molecule has 164 valence electrons. The third-order valence-corrected chi connectivity index (χ3v) is 6.47. The molecule has 0 N–H and O–H groups in total. The lowest BCUT2D eigenvalue weighted by Gasteiger charge is -2.30. The molecule has 30 heavy (non-hydrogen) atoms. The quantitative estimate of drug-likeness (QED) is 0.563. The molecule has 0 atom stereocenters. The van der Waals surface area contributed by atoms with E-state index in [9.17, 15) is 4.79 Å². The number of hydrogen-bond acceptors (Lipinski definition) is 5. The van der Waals surface area contributed by atoms with Crippen molar-refractivity contribution in [3.63, 3.8) is 0 Å².